The number of aromatic nitrogens is 2. The molecule has 0 unspecified atom stereocenters. The van der Waals surface area contributed by atoms with E-state index in [0.717, 1.165) is 30.0 Å². The van der Waals surface area contributed by atoms with Gasteiger partial charge in [-0.25, -0.2) is 4.98 Å². The molecule has 1 aliphatic heterocycles. The van der Waals surface area contributed by atoms with Gasteiger partial charge in [0.2, 0.25) is 0 Å². The van der Waals surface area contributed by atoms with Gasteiger partial charge in [-0.1, -0.05) is 0 Å². The molecular formula is C13H14BrN2O-. The van der Waals surface area contributed by atoms with E-state index in [-0.39, 0.29) is 17.0 Å². The molecule has 0 aliphatic carbocycles. The molecule has 2 heterocycles. The van der Waals surface area contributed by atoms with E-state index in [0.29, 0.717) is 0 Å². The summed E-state index contributed by atoms with van der Waals surface area (Å²) < 4.78 is 7.39. The van der Waals surface area contributed by atoms with Gasteiger partial charge in [0.25, 0.3) is 0 Å². The van der Waals surface area contributed by atoms with Crippen molar-refractivity contribution < 1.29 is 21.7 Å². The van der Waals surface area contributed by atoms with Gasteiger partial charge in [0.05, 0.1) is 12.8 Å². The minimum absolute atomic E-state index is 0. The number of fused-ring (bicyclic) bond motifs is 1. The van der Waals surface area contributed by atoms with Crippen LogP contribution < -0.4 is 21.7 Å². The van der Waals surface area contributed by atoms with E-state index in [1.807, 2.05) is 12.1 Å². The monoisotopic (exact) mass is 293 g/mol. The first-order valence-electron chi connectivity index (χ1n) is 5.57. The van der Waals surface area contributed by atoms with Gasteiger partial charge < -0.3 is 26.3 Å². The van der Waals surface area contributed by atoms with Crippen molar-refractivity contribution >= 4 is 0 Å². The van der Waals surface area contributed by atoms with E-state index in [1.165, 1.54) is 12.2 Å². The van der Waals surface area contributed by atoms with Crippen LogP contribution in [0.5, 0.6) is 5.75 Å². The van der Waals surface area contributed by atoms with Crippen LogP contribution in [0.15, 0.2) is 30.5 Å². The van der Waals surface area contributed by atoms with E-state index in [1.54, 1.807) is 7.11 Å². The molecule has 4 heteroatoms. The van der Waals surface area contributed by atoms with E-state index in [2.05, 4.69) is 27.9 Å². The average molecular weight is 294 g/mol. The molecule has 0 spiro atoms. The van der Waals surface area contributed by atoms with Crippen LogP contribution in [0.3, 0.4) is 0 Å². The number of rotatable bonds is 2. The zero-order chi connectivity index (χ0) is 11.0. The second kappa shape index (κ2) is 4.92. The molecule has 1 aliphatic rings. The Morgan fingerprint density at radius 2 is 2.00 bits per heavy atom. The zero-order valence-corrected chi connectivity index (χ0v) is 11.3. The third kappa shape index (κ3) is 2.22. The Labute approximate surface area is 111 Å². The van der Waals surface area contributed by atoms with Crippen molar-refractivity contribution in [3.63, 3.8) is 0 Å². The van der Waals surface area contributed by atoms with Crippen LogP contribution in [0, 0.1) is 0 Å². The number of benzene rings is 1. The van der Waals surface area contributed by atoms with Crippen LogP contribution in [0.1, 0.15) is 12.2 Å². The van der Waals surface area contributed by atoms with Gasteiger partial charge in [-0.2, -0.15) is 0 Å². The Kier molecular flexibility index (Phi) is 3.52. The van der Waals surface area contributed by atoms with Crippen molar-refractivity contribution in [3.8, 4) is 17.0 Å². The fourth-order valence-electron chi connectivity index (χ4n) is 2.16. The predicted octanol–water partition coefficient (Wildman–Crippen LogP) is -0.491. The van der Waals surface area contributed by atoms with Crippen molar-refractivity contribution in [2.45, 2.75) is 19.4 Å². The van der Waals surface area contributed by atoms with E-state index < -0.39 is 0 Å². The molecule has 90 valence electrons. The highest BCUT2D eigenvalue weighted by atomic mass is 79.9. The lowest BCUT2D eigenvalue weighted by Gasteiger charge is -2.00. The number of hydrogen-bond donors (Lipinski definition) is 0. The number of ether oxygens (including phenoxy) is 1. The summed E-state index contributed by atoms with van der Waals surface area (Å²) >= 11 is 0. The largest absolute Gasteiger partial charge is 1.00 e. The molecule has 2 aromatic rings. The van der Waals surface area contributed by atoms with Gasteiger partial charge in [-0.05, 0) is 30.7 Å². The van der Waals surface area contributed by atoms with Crippen LogP contribution >= 0.6 is 0 Å². The fraction of sp³-hybridized carbons (Fsp3) is 0.308. The minimum atomic E-state index is 0. The Hall–Kier alpha value is -1.29. The highest BCUT2D eigenvalue weighted by molar-refractivity contribution is 5.59. The van der Waals surface area contributed by atoms with Crippen molar-refractivity contribution in [1.82, 2.24) is 9.55 Å². The van der Waals surface area contributed by atoms with Gasteiger partial charge in [-0.3, -0.25) is 0 Å². The van der Waals surface area contributed by atoms with E-state index in [9.17, 15) is 0 Å². The lowest BCUT2D eigenvalue weighted by molar-refractivity contribution is -0.00000364. The maximum Gasteiger partial charge on any atom is 0.118 e. The summed E-state index contributed by atoms with van der Waals surface area (Å²) in [5, 5.41) is 0. The summed E-state index contributed by atoms with van der Waals surface area (Å²) in [7, 11) is 1.68. The van der Waals surface area contributed by atoms with Gasteiger partial charge in [0, 0.05) is 24.7 Å². The number of hydrogen-bond acceptors (Lipinski definition) is 2. The quantitative estimate of drug-likeness (QED) is 0.747. The molecule has 0 saturated carbocycles. The highest BCUT2D eigenvalue weighted by Gasteiger charge is 2.14. The van der Waals surface area contributed by atoms with Crippen LogP contribution in [0.2, 0.25) is 0 Å². The second-order valence-electron chi connectivity index (χ2n) is 4.07. The molecular weight excluding hydrogens is 280 g/mol. The minimum Gasteiger partial charge on any atom is -1.00 e. The molecule has 1 aromatic carbocycles. The summed E-state index contributed by atoms with van der Waals surface area (Å²) in [5.74, 6) is 2.10. The zero-order valence-electron chi connectivity index (χ0n) is 9.69. The molecule has 0 bridgehead atoms. The first kappa shape index (κ1) is 12.2. The molecule has 3 rings (SSSR count). The van der Waals surface area contributed by atoms with Gasteiger partial charge in [0.15, 0.2) is 0 Å². The van der Waals surface area contributed by atoms with Crippen LogP contribution in [-0.4, -0.2) is 16.7 Å². The van der Waals surface area contributed by atoms with E-state index >= 15 is 0 Å². The maximum atomic E-state index is 5.14. The Morgan fingerprint density at radius 1 is 1.24 bits per heavy atom. The van der Waals surface area contributed by atoms with Crippen LogP contribution in [0.4, 0.5) is 0 Å². The predicted molar refractivity (Wildman–Crippen MR) is 62.5 cm³/mol. The second-order valence-corrected chi connectivity index (χ2v) is 4.07. The normalized spacial score (nSPS) is 13.0. The molecule has 1 aromatic heterocycles. The summed E-state index contributed by atoms with van der Waals surface area (Å²) in [6, 6.07) is 8.05. The molecule has 0 saturated heterocycles. The van der Waals surface area contributed by atoms with Crippen molar-refractivity contribution in [1.29, 1.82) is 0 Å². The van der Waals surface area contributed by atoms with Crippen molar-refractivity contribution in [2.24, 2.45) is 0 Å². The van der Waals surface area contributed by atoms with Crippen LogP contribution in [0.25, 0.3) is 11.3 Å². The number of aryl methyl sites for hydroxylation is 2. The third-order valence-electron chi connectivity index (χ3n) is 3.04. The first-order chi connectivity index (χ1) is 7.86. The summed E-state index contributed by atoms with van der Waals surface area (Å²) in [6.07, 6.45) is 4.48. The Bertz CT molecular complexity index is 483. The van der Waals surface area contributed by atoms with Crippen molar-refractivity contribution in [2.75, 3.05) is 7.11 Å². The fourth-order valence-corrected chi connectivity index (χ4v) is 2.16. The topological polar surface area (TPSA) is 27.1 Å². The van der Waals surface area contributed by atoms with Crippen LogP contribution in [-0.2, 0) is 13.0 Å². The lowest BCUT2D eigenvalue weighted by atomic mass is 10.1. The Balaban J connectivity index is 0.00000108. The third-order valence-corrected chi connectivity index (χ3v) is 3.04. The summed E-state index contributed by atoms with van der Waals surface area (Å²) in [5.41, 5.74) is 2.22. The smallest absolute Gasteiger partial charge is 0.118 e. The molecule has 3 nitrogen and oxygen atoms in total. The number of imidazole rings is 1. The van der Waals surface area contributed by atoms with Gasteiger partial charge >= 0.3 is 0 Å². The molecule has 17 heavy (non-hydrogen) atoms. The first-order valence-corrected chi connectivity index (χ1v) is 5.57. The summed E-state index contributed by atoms with van der Waals surface area (Å²) in [4.78, 5) is 4.64. The van der Waals surface area contributed by atoms with E-state index in [4.69, 9.17) is 4.74 Å². The average Bonchev–Trinajstić information content (AvgIpc) is 2.89. The molecule has 0 fully saturated rings. The molecule has 0 atom stereocenters. The summed E-state index contributed by atoms with van der Waals surface area (Å²) in [6.45, 7) is 1.11. The molecule has 0 amide bonds. The number of halogens is 1. The standard InChI is InChI=1S/C13H14N2O.BrH/c1-16-11-6-4-10(5-7-11)12-9-15-8-2-3-13(15)14-12;/h4-7,9H,2-3,8H2,1H3;1H/p-1. The highest BCUT2D eigenvalue weighted by Crippen LogP contribution is 2.24. The molecule has 0 N–H and O–H groups in total. The van der Waals surface area contributed by atoms with Gasteiger partial charge in [-0.15, -0.1) is 0 Å². The lowest BCUT2D eigenvalue weighted by Crippen LogP contribution is -3.00. The van der Waals surface area contributed by atoms with Gasteiger partial charge in [0.1, 0.15) is 11.6 Å². The SMILES string of the molecule is COc1ccc(-c2cn3c(n2)CCC3)cc1.[Br-]. The Morgan fingerprint density at radius 3 is 2.65 bits per heavy atom. The molecule has 0 radical (unpaired) electrons. The van der Waals surface area contributed by atoms with Crippen molar-refractivity contribution in [3.05, 3.63) is 36.3 Å². The maximum absolute atomic E-state index is 5.14. The number of nitrogens with zero attached hydrogens (tertiary/aromatic N) is 2. The number of methoxy groups -OCH3 is 1.